The summed E-state index contributed by atoms with van der Waals surface area (Å²) in [6.45, 7) is 0.858. The Hall–Kier alpha value is -2.94. The maximum atomic E-state index is 12.5. The van der Waals surface area contributed by atoms with Gasteiger partial charge in [0.1, 0.15) is 11.6 Å². The summed E-state index contributed by atoms with van der Waals surface area (Å²) in [4.78, 5) is 12.3. The molecular formula is C19H18F2N4O2S. The number of hydrogen-bond donors (Lipinski definition) is 1. The van der Waals surface area contributed by atoms with Crippen LogP contribution in [0.2, 0.25) is 0 Å². The second-order valence-corrected chi connectivity index (χ2v) is 6.85. The number of rotatable bonds is 7. The van der Waals surface area contributed by atoms with Crippen LogP contribution in [0.4, 0.5) is 14.5 Å². The second kappa shape index (κ2) is 8.83. The number of carbonyl (C=O) groups excluding carboxylic acids is 1. The van der Waals surface area contributed by atoms with E-state index < -0.39 is 6.61 Å². The van der Waals surface area contributed by atoms with Crippen LogP contribution in [0, 0.1) is 13.8 Å². The van der Waals surface area contributed by atoms with Crippen LogP contribution in [0.25, 0.3) is 5.69 Å². The zero-order valence-corrected chi connectivity index (χ0v) is 16.0. The van der Waals surface area contributed by atoms with Gasteiger partial charge in [-0.15, -0.1) is 10.2 Å². The van der Waals surface area contributed by atoms with E-state index in [0.29, 0.717) is 11.0 Å². The minimum atomic E-state index is -2.97. The van der Waals surface area contributed by atoms with Crippen molar-refractivity contribution in [2.45, 2.75) is 25.6 Å². The van der Waals surface area contributed by atoms with Gasteiger partial charge < -0.3 is 10.1 Å². The van der Waals surface area contributed by atoms with Crippen LogP contribution in [0.3, 0.4) is 0 Å². The lowest BCUT2D eigenvalue weighted by molar-refractivity contribution is -0.113. The third kappa shape index (κ3) is 4.86. The molecule has 3 rings (SSSR count). The molecule has 0 aliphatic heterocycles. The Balaban J connectivity index is 1.69. The van der Waals surface area contributed by atoms with Gasteiger partial charge >= 0.3 is 6.61 Å². The number of hydrogen-bond acceptors (Lipinski definition) is 5. The first-order valence-electron chi connectivity index (χ1n) is 8.39. The molecule has 0 spiro atoms. The molecule has 0 radical (unpaired) electrons. The van der Waals surface area contributed by atoms with Gasteiger partial charge in [-0.1, -0.05) is 41.6 Å². The first-order chi connectivity index (χ1) is 13.4. The summed E-state index contributed by atoms with van der Waals surface area (Å²) in [5, 5.41) is 11.4. The minimum Gasteiger partial charge on any atom is -0.433 e. The number of thioether (sulfide) groups is 1. The molecule has 146 valence electrons. The van der Waals surface area contributed by atoms with Crippen molar-refractivity contribution in [3.8, 4) is 11.4 Å². The summed E-state index contributed by atoms with van der Waals surface area (Å²) < 4.78 is 31.2. The lowest BCUT2D eigenvalue weighted by atomic mass is 10.2. The van der Waals surface area contributed by atoms with Gasteiger partial charge in [0.25, 0.3) is 0 Å². The van der Waals surface area contributed by atoms with Crippen molar-refractivity contribution in [3.05, 3.63) is 59.9 Å². The lowest BCUT2D eigenvalue weighted by Crippen LogP contribution is -2.16. The quantitative estimate of drug-likeness (QED) is 0.597. The van der Waals surface area contributed by atoms with Crippen molar-refractivity contribution in [2.24, 2.45) is 0 Å². The molecular weight excluding hydrogens is 386 g/mol. The van der Waals surface area contributed by atoms with Gasteiger partial charge in [-0.2, -0.15) is 8.78 Å². The topological polar surface area (TPSA) is 69.0 Å². The molecule has 28 heavy (non-hydrogen) atoms. The Labute approximate surface area is 164 Å². The molecule has 0 aliphatic carbocycles. The third-order valence-corrected chi connectivity index (χ3v) is 4.73. The molecule has 0 saturated carbocycles. The number of anilines is 1. The standard InChI is InChI=1S/C19H18F2N4O2S/c1-12-7-9-14(10-8-12)25-13(2)23-24-19(25)28-11-17(26)22-15-5-3-4-6-16(15)27-18(20)21/h3-10,18H,11H2,1-2H3,(H,22,26). The molecule has 1 amide bonds. The number of carbonyl (C=O) groups is 1. The van der Waals surface area contributed by atoms with Crippen LogP contribution in [-0.4, -0.2) is 33.0 Å². The molecule has 1 aromatic heterocycles. The number of para-hydroxylation sites is 2. The zero-order chi connectivity index (χ0) is 20.1. The van der Waals surface area contributed by atoms with Gasteiger partial charge in [-0.05, 0) is 38.1 Å². The molecule has 0 atom stereocenters. The molecule has 0 aliphatic rings. The van der Waals surface area contributed by atoms with Crippen molar-refractivity contribution in [3.63, 3.8) is 0 Å². The first kappa shape index (κ1) is 19.8. The Bertz CT molecular complexity index is 961. The van der Waals surface area contributed by atoms with Crippen molar-refractivity contribution in [2.75, 3.05) is 11.1 Å². The van der Waals surface area contributed by atoms with Gasteiger partial charge in [0.2, 0.25) is 5.91 Å². The number of aryl methyl sites for hydroxylation is 2. The maximum Gasteiger partial charge on any atom is 0.387 e. The van der Waals surface area contributed by atoms with E-state index in [-0.39, 0.29) is 23.1 Å². The summed E-state index contributed by atoms with van der Waals surface area (Å²) in [6.07, 6.45) is 0. The van der Waals surface area contributed by atoms with Crippen LogP contribution in [-0.2, 0) is 4.79 Å². The number of nitrogens with zero attached hydrogens (tertiary/aromatic N) is 3. The SMILES string of the molecule is Cc1ccc(-n2c(C)nnc2SCC(=O)Nc2ccccc2OC(F)F)cc1. The van der Waals surface area contributed by atoms with E-state index in [9.17, 15) is 13.6 Å². The van der Waals surface area contributed by atoms with Gasteiger partial charge in [-0.25, -0.2) is 0 Å². The van der Waals surface area contributed by atoms with Crippen molar-refractivity contribution < 1.29 is 18.3 Å². The molecule has 3 aromatic rings. The molecule has 0 saturated heterocycles. The zero-order valence-electron chi connectivity index (χ0n) is 15.2. The average Bonchev–Trinajstić information content (AvgIpc) is 3.02. The van der Waals surface area contributed by atoms with Crippen LogP contribution in [0.15, 0.2) is 53.7 Å². The predicted molar refractivity (Wildman–Crippen MR) is 103 cm³/mol. The molecule has 2 aromatic carbocycles. The fourth-order valence-corrected chi connectivity index (χ4v) is 3.31. The minimum absolute atomic E-state index is 0.0347. The van der Waals surface area contributed by atoms with Gasteiger partial charge in [0, 0.05) is 5.69 Å². The average molecular weight is 404 g/mol. The van der Waals surface area contributed by atoms with Crippen molar-refractivity contribution in [1.29, 1.82) is 0 Å². The van der Waals surface area contributed by atoms with E-state index in [1.165, 1.54) is 23.9 Å². The number of nitrogens with one attached hydrogen (secondary N) is 1. The monoisotopic (exact) mass is 404 g/mol. The summed E-state index contributed by atoms with van der Waals surface area (Å²) >= 11 is 1.20. The van der Waals surface area contributed by atoms with E-state index in [1.807, 2.05) is 42.7 Å². The highest BCUT2D eigenvalue weighted by Gasteiger charge is 2.15. The van der Waals surface area contributed by atoms with Crippen molar-refractivity contribution >= 4 is 23.4 Å². The predicted octanol–water partition coefficient (Wildman–Crippen LogP) is 4.22. The molecule has 1 heterocycles. The number of benzene rings is 2. The Kier molecular flexibility index (Phi) is 6.25. The largest absolute Gasteiger partial charge is 0.433 e. The molecule has 0 unspecified atom stereocenters. The lowest BCUT2D eigenvalue weighted by Gasteiger charge is -2.12. The highest BCUT2D eigenvalue weighted by atomic mass is 32.2. The highest BCUT2D eigenvalue weighted by Crippen LogP contribution is 2.26. The third-order valence-electron chi connectivity index (χ3n) is 3.80. The van der Waals surface area contributed by atoms with E-state index in [0.717, 1.165) is 11.3 Å². The Morgan fingerprint density at radius 1 is 1.14 bits per heavy atom. The number of alkyl halides is 2. The van der Waals surface area contributed by atoms with Gasteiger partial charge in [0.05, 0.1) is 11.4 Å². The summed E-state index contributed by atoms with van der Waals surface area (Å²) in [5.74, 6) is 0.274. The molecule has 6 nitrogen and oxygen atoms in total. The van der Waals surface area contributed by atoms with Crippen LogP contribution >= 0.6 is 11.8 Å². The molecule has 1 N–H and O–H groups in total. The van der Waals surface area contributed by atoms with E-state index in [4.69, 9.17) is 0 Å². The highest BCUT2D eigenvalue weighted by molar-refractivity contribution is 7.99. The van der Waals surface area contributed by atoms with Gasteiger partial charge in [0.15, 0.2) is 5.16 Å². The van der Waals surface area contributed by atoms with Gasteiger partial charge in [-0.3, -0.25) is 9.36 Å². The first-order valence-corrected chi connectivity index (χ1v) is 9.38. The summed E-state index contributed by atoms with van der Waals surface area (Å²) in [7, 11) is 0. The summed E-state index contributed by atoms with van der Waals surface area (Å²) in [5.41, 5.74) is 2.21. The fourth-order valence-electron chi connectivity index (χ4n) is 2.51. The normalized spacial score (nSPS) is 10.9. The summed E-state index contributed by atoms with van der Waals surface area (Å²) in [6, 6.07) is 13.9. The number of halogens is 2. The Morgan fingerprint density at radius 3 is 2.57 bits per heavy atom. The van der Waals surface area contributed by atoms with E-state index in [2.05, 4.69) is 20.3 Å². The Morgan fingerprint density at radius 2 is 1.86 bits per heavy atom. The number of aromatic nitrogens is 3. The molecule has 0 bridgehead atoms. The fraction of sp³-hybridized carbons (Fsp3) is 0.211. The van der Waals surface area contributed by atoms with Crippen LogP contribution in [0.5, 0.6) is 5.75 Å². The number of ether oxygens (including phenoxy) is 1. The maximum absolute atomic E-state index is 12.5. The number of amides is 1. The second-order valence-electron chi connectivity index (χ2n) is 5.91. The van der Waals surface area contributed by atoms with E-state index in [1.54, 1.807) is 12.1 Å². The smallest absolute Gasteiger partial charge is 0.387 e. The molecule has 0 fully saturated rings. The van der Waals surface area contributed by atoms with Crippen LogP contribution in [0.1, 0.15) is 11.4 Å². The van der Waals surface area contributed by atoms with Crippen molar-refractivity contribution in [1.82, 2.24) is 14.8 Å². The van der Waals surface area contributed by atoms with Crippen LogP contribution < -0.4 is 10.1 Å². The van der Waals surface area contributed by atoms with E-state index >= 15 is 0 Å². The molecule has 9 heteroatoms.